The van der Waals surface area contributed by atoms with Crippen molar-refractivity contribution < 1.29 is 18.6 Å². The van der Waals surface area contributed by atoms with Crippen molar-refractivity contribution >= 4 is 30.6 Å². The van der Waals surface area contributed by atoms with Crippen molar-refractivity contribution in [2.75, 3.05) is 45.5 Å². The molecule has 1 aromatic heterocycles. The third-order valence-corrected chi connectivity index (χ3v) is 12.6. The van der Waals surface area contributed by atoms with Gasteiger partial charge in [0.05, 0.1) is 31.4 Å². The molecule has 9 heteroatoms. The Balaban J connectivity index is 1.69. The first-order valence-corrected chi connectivity index (χ1v) is 16.7. The summed E-state index contributed by atoms with van der Waals surface area (Å²) in [6.45, 7) is 14.0. The van der Waals surface area contributed by atoms with Crippen molar-refractivity contribution in [3.63, 3.8) is 0 Å². The Bertz CT molecular complexity index is 1310. The van der Waals surface area contributed by atoms with E-state index in [0.717, 1.165) is 30.6 Å². The summed E-state index contributed by atoms with van der Waals surface area (Å²) in [5, 5.41) is 0.765. The van der Waals surface area contributed by atoms with Crippen molar-refractivity contribution in [2.45, 2.75) is 64.2 Å². The summed E-state index contributed by atoms with van der Waals surface area (Å²) in [5.41, 5.74) is 2.51. The van der Waals surface area contributed by atoms with E-state index in [1.54, 1.807) is 25.1 Å². The van der Waals surface area contributed by atoms with E-state index in [0.29, 0.717) is 48.8 Å². The number of hydrogen-bond donors (Lipinski definition) is 0. The van der Waals surface area contributed by atoms with Crippen molar-refractivity contribution in [2.24, 2.45) is 0 Å². The predicted octanol–water partition coefficient (Wildman–Crippen LogP) is 6.32. The third-order valence-electron chi connectivity index (χ3n) is 8.11. The number of methoxy groups -OCH3 is 2. The van der Waals surface area contributed by atoms with Crippen LogP contribution >= 0.6 is 0 Å². The summed E-state index contributed by atoms with van der Waals surface area (Å²) in [6.07, 6.45) is 4.14. The number of aromatic nitrogens is 2. The van der Waals surface area contributed by atoms with Gasteiger partial charge in [-0.05, 0) is 55.6 Å². The van der Waals surface area contributed by atoms with Crippen LogP contribution in [0.3, 0.4) is 0 Å². The number of anilines is 2. The molecule has 0 aliphatic carbocycles. The SMILES string of the molecule is COc1cc(OC)cc(N(CCCO[Si](C)(C)C(C)(C)C)c2ccc3ncn(C4CCOCC4)c(=O)c3c2)c1. The molecule has 39 heavy (non-hydrogen) atoms. The summed E-state index contributed by atoms with van der Waals surface area (Å²) < 4.78 is 24.9. The van der Waals surface area contributed by atoms with Crippen LogP contribution < -0.4 is 19.9 Å². The van der Waals surface area contributed by atoms with Crippen LogP contribution in [0.1, 0.15) is 46.1 Å². The molecule has 3 aromatic rings. The zero-order chi connectivity index (χ0) is 28.2. The number of fused-ring (bicyclic) bond motifs is 1. The van der Waals surface area contributed by atoms with Gasteiger partial charge < -0.3 is 23.5 Å². The molecule has 8 nitrogen and oxygen atoms in total. The molecule has 0 atom stereocenters. The molecule has 1 fully saturated rings. The molecule has 0 bridgehead atoms. The van der Waals surface area contributed by atoms with Crippen LogP contribution in [0.2, 0.25) is 18.1 Å². The van der Waals surface area contributed by atoms with E-state index >= 15 is 0 Å². The summed E-state index contributed by atoms with van der Waals surface area (Å²) in [4.78, 5) is 20.4. The van der Waals surface area contributed by atoms with Gasteiger partial charge in [-0.1, -0.05) is 20.8 Å². The van der Waals surface area contributed by atoms with Gasteiger partial charge in [0, 0.05) is 62.0 Å². The standard InChI is InChI=1S/C30H43N3O5Si/c1-30(2,3)39(6,7)38-14-8-13-32(24-17-25(35-4)20-26(18-24)36-5)23-9-10-28-27(19-23)29(34)33(21-31-28)22-11-15-37-16-12-22/h9-10,17-22H,8,11-16H2,1-7H3. The van der Waals surface area contributed by atoms with Crippen LogP contribution in [0.25, 0.3) is 10.9 Å². The normalized spacial score (nSPS) is 14.9. The van der Waals surface area contributed by atoms with Gasteiger partial charge in [-0.2, -0.15) is 0 Å². The Morgan fingerprint density at radius 1 is 1.03 bits per heavy atom. The minimum Gasteiger partial charge on any atom is -0.497 e. The molecule has 1 aliphatic rings. The number of benzene rings is 2. The monoisotopic (exact) mass is 553 g/mol. The summed E-state index contributed by atoms with van der Waals surface area (Å²) in [6, 6.07) is 11.9. The second-order valence-electron chi connectivity index (χ2n) is 11.7. The van der Waals surface area contributed by atoms with E-state index in [1.165, 1.54) is 0 Å². The number of ether oxygens (including phenoxy) is 3. The highest BCUT2D eigenvalue weighted by molar-refractivity contribution is 6.74. The molecule has 0 radical (unpaired) electrons. The number of rotatable bonds is 10. The lowest BCUT2D eigenvalue weighted by molar-refractivity contribution is 0.0685. The van der Waals surface area contributed by atoms with Crippen LogP contribution in [-0.4, -0.2) is 58.5 Å². The molecule has 0 amide bonds. The molecule has 2 heterocycles. The van der Waals surface area contributed by atoms with Crippen LogP contribution in [0.15, 0.2) is 47.5 Å². The fourth-order valence-corrected chi connectivity index (χ4v) is 5.72. The maximum absolute atomic E-state index is 13.6. The highest BCUT2D eigenvalue weighted by atomic mass is 28.4. The molecule has 2 aromatic carbocycles. The van der Waals surface area contributed by atoms with Gasteiger partial charge in [-0.25, -0.2) is 4.98 Å². The van der Waals surface area contributed by atoms with Gasteiger partial charge in [-0.15, -0.1) is 0 Å². The Morgan fingerprint density at radius 2 is 1.69 bits per heavy atom. The van der Waals surface area contributed by atoms with Crippen molar-refractivity contribution in [3.05, 3.63) is 53.1 Å². The summed E-state index contributed by atoms with van der Waals surface area (Å²) >= 11 is 0. The second kappa shape index (κ2) is 12.1. The van der Waals surface area contributed by atoms with Crippen LogP contribution in [0.4, 0.5) is 11.4 Å². The van der Waals surface area contributed by atoms with E-state index in [1.807, 2.05) is 36.4 Å². The van der Waals surface area contributed by atoms with Gasteiger partial charge >= 0.3 is 0 Å². The topological polar surface area (TPSA) is 75.1 Å². The van der Waals surface area contributed by atoms with Crippen molar-refractivity contribution in [3.8, 4) is 11.5 Å². The zero-order valence-electron chi connectivity index (χ0n) is 24.5. The first kappa shape index (κ1) is 29.1. The largest absolute Gasteiger partial charge is 0.497 e. The van der Waals surface area contributed by atoms with Gasteiger partial charge in [-0.3, -0.25) is 9.36 Å². The van der Waals surface area contributed by atoms with Gasteiger partial charge in [0.15, 0.2) is 8.32 Å². The van der Waals surface area contributed by atoms with Crippen molar-refractivity contribution in [1.29, 1.82) is 0 Å². The quantitative estimate of drug-likeness (QED) is 0.215. The van der Waals surface area contributed by atoms with E-state index < -0.39 is 8.32 Å². The van der Waals surface area contributed by atoms with Gasteiger partial charge in [0.1, 0.15) is 11.5 Å². The van der Waals surface area contributed by atoms with E-state index in [2.05, 4.69) is 43.7 Å². The minimum absolute atomic E-state index is 0.0156. The first-order chi connectivity index (χ1) is 18.5. The van der Waals surface area contributed by atoms with Crippen LogP contribution in [-0.2, 0) is 9.16 Å². The molecule has 0 saturated carbocycles. The fourth-order valence-electron chi connectivity index (χ4n) is 4.64. The maximum Gasteiger partial charge on any atom is 0.261 e. The first-order valence-electron chi connectivity index (χ1n) is 13.8. The predicted molar refractivity (Wildman–Crippen MR) is 159 cm³/mol. The van der Waals surface area contributed by atoms with Crippen molar-refractivity contribution in [1.82, 2.24) is 9.55 Å². The highest BCUT2D eigenvalue weighted by Crippen LogP contribution is 2.37. The third kappa shape index (κ3) is 6.65. The molecule has 1 aliphatic heterocycles. The molecule has 212 valence electrons. The lowest BCUT2D eigenvalue weighted by atomic mass is 10.1. The molecule has 0 spiro atoms. The Kier molecular flexibility index (Phi) is 9.03. The summed E-state index contributed by atoms with van der Waals surface area (Å²) in [5.74, 6) is 1.41. The maximum atomic E-state index is 13.6. The molecular formula is C30H43N3O5Si. The molecule has 4 rings (SSSR count). The lowest BCUT2D eigenvalue weighted by Gasteiger charge is -2.36. The van der Waals surface area contributed by atoms with Gasteiger partial charge in [0.25, 0.3) is 5.56 Å². The van der Waals surface area contributed by atoms with E-state index in [-0.39, 0.29) is 16.6 Å². The minimum atomic E-state index is -1.85. The van der Waals surface area contributed by atoms with Gasteiger partial charge in [0.2, 0.25) is 0 Å². The fraction of sp³-hybridized carbons (Fsp3) is 0.533. The average Bonchev–Trinajstić information content (AvgIpc) is 2.92. The molecular weight excluding hydrogens is 510 g/mol. The van der Waals surface area contributed by atoms with E-state index in [4.69, 9.17) is 18.6 Å². The Labute approximate surface area is 233 Å². The average molecular weight is 554 g/mol. The highest BCUT2D eigenvalue weighted by Gasteiger charge is 2.36. The number of hydrogen-bond acceptors (Lipinski definition) is 7. The molecule has 0 N–H and O–H groups in total. The summed E-state index contributed by atoms with van der Waals surface area (Å²) in [7, 11) is 1.45. The van der Waals surface area contributed by atoms with Crippen LogP contribution in [0.5, 0.6) is 11.5 Å². The zero-order valence-corrected chi connectivity index (χ0v) is 25.5. The second-order valence-corrected chi connectivity index (χ2v) is 16.5. The Morgan fingerprint density at radius 3 is 2.31 bits per heavy atom. The number of nitrogens with zero attached hydrogens (tertiary/aromatic N) is 3. The Hall–Kier alpha value is -2.88. The molecule has 1 saturated heterocycles. The lowest BCUT2D eigenvalue weighted by Crippen LogP contribution is -2.41. The molecule has 0 unspecified atom stereocenters. The van der Waals surface area contributed by atoms with Crippen LogP contribution in [0, 0.1) is 0 Å². The smallest absolute Gasteiger partial charge is 0.261 e. The van der Waals surface area contributed by atoms with E-state index in [9.17, 15) is 4.79 Å².